The smallest absolute Gasteiger partial charge is 0.265 e. The molecule has 0 saturated heterocycles. The van der Waals surface area contributed by atoms with Gasteiger partial charge in [0.25, 0.3) is 0 Å². The number of pyridine rings is 1. The van der Waals surface area contributed by atoms with E-state index in [4.69, 9.17) is 0 Å². The molecule has 0 aliphatic rings. The van der Waals surface area contributed by atoms with Crippen molar-refractivity contribution in [3.05, 3.63) is 42.5 Å². The molecule has 0 aliphatic carbocycles. The lowest BCUT2D eigenvalue weighted by molar-refractivity contribution is 0.586. The van der Waals surface area contributed by atoms with Crippen molar-refractivity contribution in [3.8, 4) is 11.1 Å². The fourth-order valence-corrected chi connectivity index (χ4v) is 2.15. The van der Waals surface area contributed by atoms with Gasteiger partial charge in [-0.3, -0.25) is 4.98 Å². The molecule has 0 spiro atoms. The molecule has 0 N–H and O–H groups in total. The van der Waals surface area contributed by atoms with Gasteiger partial charge in [-0.25, -0.2) is 0 Å². The van der Waals surface area contributed by atoms with E-state index in [1.165, 1.54) is 0 Å². The Labute approximate surface area is 89.6 Å². The molecular weight excluding hydrogens is 207 g/mol. The molecule has 2 rings (SSSR count). The molecule has 2 aromatic rings. The SMILES string of the molecule is Cc1cn([P+](C)=O)cc1-c1ccncc1. The van der Waals surface area contributed by atoms with Gasteiger partial charge in [-0.15, -0.1) is 4.34 Å². The highest BCUT2D eigenvalue weighted by molar-refractivity contribution is 7.41. The van der Waals surface area contributed by atoms with Gasteiger partial charge in [-0.05, 0) is 34.7 Å². The monoisotopic (exact) mass is 219 g/mol. The third-order valence-electron chi connectivity index (χ3n) is 2.33. The van der Waals surface area contributed by atoms with Gasteiger partial charge in [0, 0.05) is 18.0 Å². The van der Waals surface area contributed by atoms with Crippen LogP contribution in [0, 0.1) is 6.92 Å². The highest BCUT2D eigenvalue weighted by Gasteiger charge is 2.13. The molecule has 0 fully saturated rings. The van der Waals surface area contributed by atoms with Gasteiger partial charge < -0.3 is 0 Å². The van der Waals surface area contributed by atoms with Gasteiger partial charge in [-0.2, -0.15) is 0 Å². The van der Waals surface area contributed by atoms with Crippen molar-refractivity contribution in [2.75, 3.05) is 6.66 Å². The zero-order valence-corrected chi connectivity index (χ0v) is 9.61. The Hall–Kier alpha value is -1.47. The maximum absolute atomic E-state index is 11.3. The molecule has 0 saturated carbocycles. The van der Waals surface area contributed by atoms with Gasteiger partial charge in [0.1, 0.15) is 0 Å². The summed E-state index contributed by atoms with van der Waals surface area (Å²) >= 11 is 0. The van der Waals surface area contributed by atoms with Gasteiger partial charge in [-0.1, -0.05) is 0 Å². The highest BCUT2D eigenvalue weighted by atomic mass is 31.1. The van der Waals surface area contributed by atoms with Gasteiger partial charge >= 0.3 is 7.95 Å². The zero-order valence-electron chi connectivity index (χ0n) is 8.71. The topological polar surface area (TPSA) is 34.9 Å². The van der Waals surface area contributed by atoms with Crippen LogP contribution in [0.2, 0.25) is 0 Å². The van der Waals surface area contributed by atoms with E-state index in [9.17, 15) is 4.57 Å². The van der Waals surface area contributed by atoms with Crippen molar-refractivity contribution in [3.63, 3.8) is 0 Å². The summed E-state index contributed by atoms with van der Waals surface area (Å²) in [6.45, 7) is 3.72. The summed E-state index contributed by atoms with van der Waals surface area (Å²) in [5.74, 6) is 0. The quantitative estimate of drug-likeness (QED) is 0.727. The summed E-state index contributed by atoms with van der Waals surface area (Å²) in [6, 6.07) is 3.91. The Morgan fingerprint density at radius 1 is 1.27 bits per heavy atom. The van der Waals surface area contributed by atoms with Gasteiger partial charge in [0.05, 0.1) is 12.4 Å². The van der Waals surface area contributed by atoms with E-state index >= 15 is 0 Å². The number of hydrogen-bond acceptors (Lipinski definition) is 2. The first-order chi connectivity index (χ1) is 7.18. The first kappa shape index (κ1) is 10.1. The molecule has 0 aromatic carbocycles. The molecule has 76 valence electrons. The molecule has 1 unspecified atom stereocenters. The predicted molar refractivity (Wildman–Crippen MR) is 61.3 cm³/mol. The average molecular weight is 219 g/mol. The summed E-state index contributed by atoms with van der Waals surface area (Å²) < 4.78 is 13.1. The average Bonchev–Trinajstić information content (AvgIpc) is 2.62. The maximum Gasteiger partial charge on any atom is 0.462 e. The summed E-state index contributed by atoms with van der Waals surface area (Å²) in [6.07, 6.45) is 7.36. The largest absolute Gasteiger partial charge is 0.462 e. The lowest BCUT2D eigenvalue weighted by atomic mass is 10.1. The van der Waals surface area contributed by atoms with Gasteiger partial charge in [0.15, 0.2) is 6.66 Å². The molecule has 2 aromatic heterocycles. The first-order valence-corrected chi connectivity index (χ1v) is 6.34. The summed E-state index contributed by atoms with van der Waals surface area (Å²) in [5, 5.41) is 0. The Bertz CT molecular complexity index is 491. The predicted octanol–water partition coefficient (Wildman–Crippen LogP) is 3.08. The van der Waals surface area contributed by atoms with Crippen molar-refractivity contribution in [2.45, 2.75) is 6.92 Å². The summed E-state index contributed by atoms with van der Waals surface area (Å²) in [4.78, 5) is 3.98. The zero-order chi connectivity index (χ0) is 10.8. The molecule has 4 heteroatoms. The molecule has 0 bridgehead atoms. The van der Waals surface area contributed by atoms with E-state index in [1.54, 1.807) is 23.4 Å². The van der Waals surface area contributed by atoms with E-state index in [1.807, 2.05) is 31.5 Å². The second-order valence-electron chi connectivity index (χ2n) is 3.44. The summed E-state index contributed by atoms with van der Waals surface area (Å²) in [7, 11) is -1.33. The molecule has 1 atom stereocenters. The van der Waals surface area contributed by atoms with Crippen LogP contribution in [0.25, 0.3) is 11.1 Å². The minimum absolute atomic E-state index is 1.11. The third-order valence-corrected chi connectivity index (χ3v) is 3.21. The standard InChI is InChI=1S/C11H12N2OP/c1-9-7-13(15(2)14)8-11(9)10-3-5-12-6-4-10/h3-8H,1-2H3/q+1. The van der Waals surface area contributed by atoms with Crippen LogP contribution in [0.1, 0.15) is 5.56 Å². The number of aromatic nitrogens is 2. The van der Waals surface area contributed by atoms with E-state index in [2.05, 4.69) is 4.98 Å². The summed E-state index contributed by atoms with van der Waals surface area (Å²) in [5.41, 5.74) is 3.35. The van der Waals surface area contributed by atoms with Crippen molar-refractivity contribution in [1.29, 1.82) is 0 Å². The number of hydrogen-bond donors (Lipinski definition) is 0. The van der Waals surface area contributed by atoms with Crippen LogP contribution in [-0.4, -0.2) is 16.0 Å². The van der Waals surface area contributed by atoms with E-state index in [0.717, 1.165) is 16.7 Å². The minimum atomic E-state index is -1.33. The van der Waals surface area contributed by atoms with Crippen molar-refractivity contribution < 1.29 is 4.57 Å². The highest BCUT2D eigenvalue weighted by Crippen LogP contribution is 2.28. The molecule has 3 nitrogen and oxygen atoms in total. The second-order valence-corrected chi connectivity index (χ2v) is 4.83. The number of aryl methyl sites for hydroxylation is 1. The fourth-order valence-electron chi connectivity index (χ4n) is 1.54. The minimum Gasteiger partial charge on any atom is -0.265 e. The third kappa shape index (κ3) is 1.97. The van der Waals surface area contributed by atoms with Crippen LogP contribution in [0.15, 0.2) is 36.9 Å². The van der Waals surface area contributed by atoms with Gasteiger partial charge in [0.2, 0.25) is 0 Å². The Morgan fingerprint density at radius 3 is 2.47 bits per heavy atom. The van der Waals surface area contributed by atoms with E-state index in [-0.39, 0.29) is 0 Å². The van der Waals surface area contributed by atoms with Crippen molar-refractivity contribution in [2.24, 2.45) is 0 Å². The normalized spacial score (nSPS) is 11.5. The lowest BCUT2D eigenvalue weighted by Gasteiger charge is -1.96. The van der Waals surface area contributed by atoms with Crippen molar-refractivity contribution in [1.82, 2.24) is 9.32 Å². The molecule has 0 radical (unpaired) electrons. The van der Waals surface area contributed by atoms with Crippen LogP contribution in [0.3, 0.4) is 0 Å². The van der Waals surface area contributed by atoms with Crippen LogP contribution in [0.4, 0.5) is 0 Å². The number of nitrogens with zero attached hydrogens (tertiary/aromatic N) is 2. The van der Waals surface area contributed by atoms with Crippen LogP contribution >= 0.6 is 7.95 Å². The molecular formula is C11H12N2OP+. The molecule has 0 aliphatic heterocycles. The van der Waals surface area contributed by atoms with Crippen LogP contribution < -0.4 is 0 Å². The van der Waals surface area contributed by atoms with E-state index in [0.29, 0.717) is 0 Å². The fraction of sp³-hybridized carbons (Fsp3) is 0.182. The van der Waals surface area contributed by atoms with E-state index < -0.39 is 7.95 Å². The Kier molecular flexibility index (Phi) is 2.65. The Balaban J connectivity index is 2.50. The van der Waals surface area contributed by atoms with Crippen LogP contribution in [0.5, 0.6) is 0 Å². The first-order valence-electron chi connectivity index (χ1n) is 4.68. The van der Waals surface area contributed by atoms with Crippen LogP contribution in [-0.2, 0) is 4.57 Å². The lowest BCUT2D eigenvalue weighted by Crippen LogP contribution is -1.78. The number of rotatable bonds is 2. The van der Waals surface area contributed by atoms with Crippen molar-refractivity contribution >= 4 is 7.95 Å². The molecule has 0 amide bonds. The second kappa shape index (κ2) is 3.95. The maximum atomic E-state index is 11.3. The molecule has 15 heavy (non-hydrogen) atoms. The molecule has 2 heterocycles. The Morgan fingerprint density at radius 2 is 1.93 bits per heavy atom.